The Labute approximate surface area is 77.3 Å². The molecule has 82 valence electrons. The van der Waals surface area contributed by atoms with Gasteiger partial charge in [-0.2, -0.15) is 0 Å². The molecular weight excluding hydrogens is 208 g/mol. The van der Waals surface area contributed by atoms with Crippen LogP contribution in [0, 0.1) is 0 Å². The number of carbonyl (C=O) groups excluding carboxylic acids is 1. The normalized spacial score (nSPS) is 13.4. The molecule has 0 saturated heterocycles. The van der Waals surface area contributed by atoms with Gasteiger partial charge in [-0.25, -0.2) is 9.18 Å². The maximum atomic E-state index is 12.5. The Hall–Kier alpha value is -1.11. The second-order valence-electron chi connectivity index (χ2n) is 2.19. The van der Waals surface area contributed by atoms with E-state index in [9.17, 15) is 22.4 Å². The molecule has 7 heteroatoms. The predicted octanol–water partition coefficient (Wildman–Crippen LogP) is 1.59. The third kappa shape index (κ3) is 7.53. The molecule has 0 aromatic rings. The van der Waals surface area contributed by atoms with Crippen molar-refractivity contribution in [2.24, 2.45) is 0 Å². The van der Waals surface area contributed by atoms with Gasteiger partial charge >= 0.3 is 12.3 Å². The Morgan fingerprint density at radius 3 is 2.43 bits per heavy atom. The molecule has 0 aliphatic heterocycles. The minimum absolute atomic E-state index is 0.775. The molecule has 0 amide bonds. The van der Waals surface area contributed by atoms with Crippen molar-refractivity contribution < 1.29 is 31.8 Å². The monoisotopic (exact) mass is 216 g/mol. The van der Waals surface area contributed by atoms with E-state index in [-0.39, 0.29) is 0 Å². The van der Waals surface area contributed by atoms with Gasteiger partial charge in [-0.1, -0.05) is 6.58 Å². The van der Waals surface area contributed by atoms with E-state index in [1.807, 2.05) is 0 Å². The van der Waals surface area contributed by atoms with Crippen molar-refractivity contribution in [3.63, 3.8) is 0 Å². The van der Waals surface area contributed by atoms with Crippen molar-refractivity contribution in [3.05, 3.63) is 12.7 Å². The highest BCUT2D eigenvalue weighted by Gasteiger charge is 2.30. The highest BCUT2D eigenvalue weighted by Crippen LogP contribution is 2.16. The van der Waals surface area contributed by atoms with Crippen LogP contribution in [0.3, 0.4) is 0 Å². The highest BCUT2D eigenvalue weighted by molar-refractivity contribution is 5.81. The van der Waals surface area contributed by atoms with Crippen molar-refractivity contribution in [2.75, 3.05) is 13.2 Å². The summed E-state index contributed by atoms with van der Waals surface area (Å²) in [7, 11) is 0. The molecule has 0 aliphatic carbocycles. The summed E-state index contributed by atoms with van der Waals surface area (Å²) in [5.41, 5.74) is 0. The SMILES string of the molecule is C=CC(=O)OCC(F)COC(F)(F)F. The lowest BCUT2D eigenvalue weighted by Gasteiger charge is -2.10. The van der Waals surface area contributed by atoms with Crippen molar-refractivity contribution in [2.45, 2.75) is 12.5 Å². The molecule has 0 N–H and O–H groups in total. The summed E-state index contributed by atoms with van der Waals surface area (Å²) in [4.78, 5) is 10.3. The number of ether oxygens (including phenoxy) is 2. The number of carbonyl (C=O) groups is 1. The number of hydrogen-bond acceptors (Lipinski definition) is 3. The molecule has 3 nitrogen and oxygen atoms in total. The fourth-order valence-corrected chi connectivity index (χ4v) is 0.465. The average Bonchev–Trinajstić information content (AvgIpc) is 2.09. The van der Waals surface area contributed by atoms with Crippen LogP contribution in [0.15, 0.2) is 12.7 Å². The first-order valence-corrected chi connectivity index (χ1v) is 3.49. The zero-order valence-corrected chi connectivity index (χ0v) is 7.01. The Bertz CT molecular complexity index is 202. The first-order chi connectivity index (χ1) is 6.35. The van der Waals surface area contributed by atoms with Crippen LogP contribution < -0.4 is 0 Å². The van der Waals surface area contributed by atoms with Gasteiger partial charge in [0.25, 0.3) is 0 Å². The summed E-state index contributed by atoms with van der Waals surface area (Å²) >= 11 is 0. The van der Waals surface area contributed by atoms with Gasteiger partial charge in [0.05, 0.1) is 6.61 Å². The molecule has 0 aliphatic rings. The van der Waals surface area contributed by atoms with Gasteiger partial charge in [0.2, 0.25) is 0 Å². The second kappa shape index (κ2) is 5.58. The van der Waals surface area contributed by atoms with Gasteiger partial charge in [0.15, 0.2) is 6.17 Å². The minimum Gasteiger partial charge on any atom is -0.459 e. The molecular formula is C7H8F4O3. The summed E-state index contributed by atoms with van der Waals surface area (Å²) in [6.07, 6.45) is -6.12. The molecule has 1 unspecified atom stereocenters. The number of esters is 1. The maximum Gasteiger partial charge on any atom is 0.522 e. The summed E-state index contributed by atoms with van der Waals surface area (Å²) in [5, 5.41) is 0. The van der Waals surface area contributed by atoms with E-state index in [2.05, 4.69) is 16.1 Å². The van der Waals surface area contributed by atoms with Crippen LogP contribution in [0.2, 0.25) is 0 Å². The first kappa shape index (κ1) is 12.9. The molecule has 0 heterocycles. The summed E-state index contributed by atoms with van der Waals surface area (Å²) < 4.78 is 53.9. The Morgan fingerprint density at radius 2 is 2.00 bits per heavy atom. The summed E-state index contributed by atoms with van der Waals surface area (Å²) in [6.45, 7) is 1.02. The maximum absolute atomic E-state index is 12.5. The van der Waals surface area contributed by atoms with Crippen molar-refractivity contribution in [3.8, 4) is 0 Å². The third-order valence-corrected chi connectivity index (χ3v) is 1.00. The summed E-state index contributed by atoms with van der Waals surface area (Å²) in [5.74, 6) is -0.903. The zero-order chi connectivity index (χ0) is 11.2. The Balaban J connectivity index is 3.61. The van der Waals surface area contributed by atoms with Crippen molar-refractivity contribution in [1.82, 2.24) is 0 Å². The predicted molar refractivity (Wildman–Crippen MR) is 38.1 cm³/mol. The Morgan fingerprint density at radius 1 is 1.43 bits per heavy atom. The van der Waals surface area contributed by atoms with Gasteiger partial charge in [-0.3, -0.25) is 4.74 Å². The van der Waals surface area contributed by atoms with Gasteiger partial charge in [0, 0.05) is 6.08 Å². The molecule has 0 fully saturated rings. The summed E-state index contributed by atoms with van der Waals surface area (Å²) in [6, 6.07) is 0. The zero-order valence-electron chi connectivity index (χ0n) is 7.01. The van der Waals surface area contributed by atoms with E-state index in [0.29, 0.717) is 0 Å². The number of halogens is 4. The third-order valence-electron chi connectivity index (χ3n) is 1.00. The molecule has 0 aromatic heterocycles. The smallest absolute Gasteiger partial charge is 0.459 e. The van der Waals surface area contributed by atoms with Crippen LogP contribution in [-0.4, -0.2) is 31.7 Å². The fraction of sp³-hybridized carbons (Fsp3) is 0.571. The largest absolute Gasteiger partial charge is 0.522 e. The molecule has 0 spiro atoms. The lowest BCUT2D eigenvalue weighted by molar-refractivity contribution is -0.329. The number of hydrogen-bond donors (Lipinski definition) is 0. The van der Waals surface area contributed by atoms with Gasteiger partial charge in [-0.15, -0.1) is 13.2 Å². The van der Waals surface area contributed by atoms with Gasteiger partial charge < -0.3 is 4.74 Å². The quantitative estimate of drug-likeness (QED) is 0.397. The van der Waals surface area contributed by atoms with Gasteiger partial charge in [0.1, 0.15) is 6.61 Å². The molecule has 0 aromatic carbocycles. The average molecular weight is 216 g/mol. The molecule has 0 saturated carbocycles. The highest BCUT2D eigenvalue weighted by atomic mass is 19.4. The minimum atomic E-state index is -4.88. The van der Waals surface area contributed by atoms with Crippen molar-refractivity contribution in [1.29, 1.82) is 0 Å². The van der Waals surface area contributed by atoms with Gasteiger partial charge in [-0.05, 0) is 0 Å². The molecule has 0 rings (SSSR count). The van der Waals surface area contributed by atoms with Crippen LogP contribution >= 0.6 is 0 Å². The fourth-order valence-electron chi connectivity index (χ4n) is 0.465. The lowest BCUT2D eigenvalue weighted by atomic mass is 10.4. The standard InChI is InChI=1S/C7H8F4O3/c1-2-6(12)13-3-5(8)4-14-7(9,10)11/h2,5H,1,3-4H2. The van der Waals surface area contributed by atoms with Crippen LogP contribution in [0.1, 0.15) is 0 Å². The van der Waals surface area contributed by atoms with Crippen LogP contribution in [0.5, 0.6) is 0 Å². The molecule has 0 bridgehead atoms. The number of rotatable bonds is 5. The van der Waals surface area contributed by atoms with E-state index < -0.39 is 31.7 Å². The van der Waals surface area contributed by atoms with Crippen LogP contribution in [0.25, 0.3) is 0 Å². The van der Waals surface area contributed by atoms with E-state index in [0.717, 1.165) is 6.08 Å². The van der Waals surface area contributed by atoms with E-state index in [1.54, 1.807) is 0 Å². The first-order valence-electron chi connectivity index (χ1n) is 3.49. The molecule has 1 atom stereocenters. The van der Waals surface area contributed by atoms with Crippen LogP contribution in [0.4, 0.5) is 17.6 Å². The second-order valence-corrected chi connectivity index (χ2v) is 2.19. The van der Waals surface area contributed by atoms with E-state index >= 15 is 0 Å². The lowest BCUT2D eigenvalue weighted by Crippen LogP contribution is -2.24. The van der Waals surface area contributed by atoms with E-state index in [1.165, 1.54) is 0 Å². The number of alkyl halides is 4. The topological polar surface area (TPSA) is 35.5 Å². The Kier molecular flexibility index (Phi) is 5.14. The van der Waals surface area contributed by atoms with E-state index in [4.69, 9.17) is 0 Å². The van der Waals surface area contributed by atoms with Crippen LogP contribution in [-0.2, 0) is 14.3 Å². The molecule has 0 radical (unpaired) electrons. The molecule has 14 heavy (non-hydrogen) atoms. The van der Waals surface area contributed by atoms with Crippen molar-refractivity contribution >= 4 is 5.97 Å².